The van der Waals surface area contributed by atoms with Crippen LogP contribution in [0.4, 0.5) is 5.82 Å². The fourth-order valence-corrected chi connectivity index (χ4v) is 3.82. The lowest BCUT2D eigenvalue weighted by atomic mass is 10.1. The molecule has 0 fully saturated rings. The molecule has 0 aliphatic carbocycles. The predicted octanol–water partition coefficient (Wildman–Crippen LogP) is 3.34. The molecule has 1 heterocycles. The highest BCUT2D eigenvalue weighted by Gasteiger charge is 2.21. The Morgan fingerprint density at radius 1 is 1.08 bits per heavy atom. The van der Waals surface area contributed by atoms with Crippen LogP contribution in [0, 0.1) is 0 Å². The van der Waals surface area contributed by atoms with Crippen molar-refractivity contribution >= 4 is 21.6 Å². The number of hydrogen-bond acceptors (Lipinski definition) is 5. The predicted molar refractivity (Wildman–Crippen MR) is 101 cm³/mol. The quantitative estimate of drug-likeness (QED) is 0.579. The Morgan fingerprint density at radius 2 is 1.76 bits per heavy atom. The lowest BCUT2D eigenvalue weighted by Gasteiger charge is -2.18. The summed E-state index contributed by atoms with van der Waals surface area (Å²) in [5.41, 5.74) is 4.84. The first-order valence-corrected chi connectivity index (χ1v) is 9.81. The van der Waals surface area contributed by atoms with Crippen LogP contribution >= 0.6 is 0 Å². The molecule has 25 heavy (non-hydrogen) atoms. The summed E-state index contributed by atoms with van der Waals surface area (Å²) in [6.07, 6.45) is 2.13. The average molecular weight is 360 g/mol. The van der Waals surface area contributed by atoms with Gasteiger partial charge in [-0.1, -0.05) is 51.1 Å². The zero-order valence-corrected chi connectivity index (χ0v) is 15.6. The standard InChI is InChI=1S/C18H24N4O2S/c1-4-17(15-10-8-7-9-11-15)20-21-18-13-12-16(14-19-18)25(23,24)22(5-2)6-3/h7-14H,4-6H2,1-3H3,(H,19,21)/b20-17+. The van der Waals surface area contributed by atoms with E-state index in [4.69, 9.17) is 0 Å². The van der Waals surface area contributed by atoms with E-state index in [0.717, 1.165) is 17.7 Å². The smallest absolute Gasteiger partial charge is 0.244 e. The highest BCUT2D eigenvalue weighted by Crippen LogP contribution is 2.16. The van der Waals surface area contributed by atoms with Gasteiger partial charge in [0.05, 0.1) is 5.71 Å². The third-order valence-electron chi connectivity index (χ3n) is 3.83. The second kappa shape index (κ2) is 8.73. The van der Waals surface area contributed by atoms with E-state index in [1.165, 1.54) is 10.5 Å². The number of hydrazone groups is 1. The molecule has 0 aliphatic heterocycles. The molecule has 0 saturated carbocycles. The highest BCUT2D eigenvalue weighted by atomic mass is 32.2. The van der Waals surface area contributed by atoms with Crippen LogP contribution in [0.25, 0.3) is 0 Å². The van der Waals surface area contributed by atoms with Gasteiger partial charge in [0, 0.05) is 19.3 Å². The molecule has 1 aromatic carbocycles. The summed E-state index contributed by atoms with van der Waals surface area (Å²) in [5, 5.41) is 4.39. The molecule has 0 atom stereocenters. The summed E-state index contributed by atoms with van der Waals surface area (Å²) in [4.78, 5) is 4.36. The van der Waals surface area contributed by atoms with Gasteiger partial charge in [0.15, 0.2) is 0 Å². The van der Waals surface area contributed by atoms with Crippen LogP contribution in [0.15, 0.2) is 58.7 Å². The normalized spacial score (nSPS) is 12.4. The van der Waals surface area contributed by atoms with Gasteiger partial charge in [0.25, 0.3) is 0 Å². The molecule has 2 rings (SSSR count). The number of nitrogens with zero attached hydrogens (tertiary/aromatic N) is 3. The molecular weight excluding hydrogens is 336 g/mol. The molecule has 7 heteroatoms. The molecule has 134 valence electrons. The maximum atomic E-state index is 12.4. The van der Waals surface area contributed by atoms with E-state index in [0.29, 0.717) is 18.9 Å². The van der Waals surface area contributed by atoms with Crippen LogP contribution in [0.2, 0.25) is 0 Å². The minimum Gasteiger partial charge on any atom is -0.261 e. The summed E-state index contributed by atoms with van der Waals surface area (Å²) in [5.74, 6) is 0.500. The molecule has 1 N–H and O–H groups in total. The van der Waals surface area contributed by atoms with E-state index in [-0.39, 0.29) is 4.90 Å². The summed E-state index contributed by atoms with van der Waals surface area (Å²) < 4.78 is 26.3. The Labute approximate surface area is 149 Å². The van der Waals surface area contributed by atoms with E-state index >= 15 is 0 Å². The van der Waals surface area contributed by atoms with Crippen molar-refractivity contribution in [3.8, 4) is 0 Å². The van der Waals surface area contributed by atoms with E-state index < -0.39 is 10.0 Å². The summed E-state index contributed by atoms with van der Waals surface area (Å²) in [6, 6.07) is 13.1. The number of anilines is 1. The fourth-order valence-electron chi connectivity index (χ4n) is 2.41. The van der Waals surface area contributed by atoms with Gasteiger partial charge in [-0.25, -0.2) is 13.4 Å². The summed E-state index contributed by atoms with van der Waals surface area (Å²) in [6.45, 7) is 6.52. The number of sulfonamides is 1. The third-order valence-corrected chi connectivity index (χ3v) is 5.86. The van der Waals surface area contributed by atoms with Crippen molar-refractivity contribution in [3.63, 3.8) is 0 Å². The number of pyridine rings is 1. The molecule has 0 radical (unpaired) electrons. The molecule has 0 aliphatic rings. The second-order valence-corrected chi connectivity index (χ2v) is 7.30. The van der Waals surface area contributed by atoms with Gasteiger partial charge in [-0.2, -0.15) is 9.41 Å². The molecule has 0 saturated heterocycles. The molecule has 0 bridgehead atoms. The third kappa shape index (κ3) is 4.64. The first kappa shape index (κ1) is 19.1. The van der Waals surface area contributed by atoms with Gasteiger partial charge in [-0.3, -0.25) is 5.43 Å². The molecule has 1 aromatic heterocycles. The minimum atomic E-state index is -3.49. The fraction of sp³-hybridized carbons (Fsp3) is 0.333. The molecule has 0 unspecified atom stereocenters. The zero-order valence-electron chi connectivity index (χ0n) is 14.8. The lowest BCUT2D eigenvalue weighted by molar-refractivity contribution is 0.445. The van der Waals surface area contributed by atoms with Crippen LogP contribution in [0.5, 0.6) is 0 Å². The van der Waals surface area contributed by atoms with Gasteiger partial charge in [0.2, 0.25) is 10.0 Å². The number of aromatic nitrogens is 1. The van der Waals surface area contributed by atoms with Crippen molar-refractivity contribution in [1.29, 1.82) is 0 Å². The Balaban J connectivity index is 2.16. The largest absolute Gasteiger partial charge is 0.261 e. The molecule has 0 spiro atoms. The van der Waals surface area contributed by atoms with Crippen molar-refractivity contribution in [2.75, 3.05) is 18.5 Å². The molecule has 6 nitrogen and oxygen atoms in total. The van der Waals surface area contributed by atoms with Crippen molar-refractivity contribution in [3.05, 3.63) is 54.2 Å². The second-order valence-electron chi connectivity index (χ2n) is 5.36. The van der Waals surface area contributed by atoms with Gasteiger partial charge in [0.1, 0.15) is 10.7 Å². The number of nitrogens with one attached hydrogen (secondary N) is 1. The maximum absolute atomic E-state index is 12.4. The first-order valence-electron chi connectivity index (χ1n) is 8.37. The SMILES string of the molecule is CC/C(=N\Nc1ccc(S(=O)(=O)N(CC)CC)cn1)c1ccccc1. The lowest BCUT2D eigenvalue weighted by Crippen LogP contribution is -2.30. The number of benzene rings is 1. The van der Waals surface area contributed by atoms with Crippen molar-refractivity contribution in [2.45, 2.75) is 32.1 Å². The Bertz CT molecular complexity index is 799. The Kier molecular flexibility index (Phi) is 6.66. The highest BCUT2D eigenvalue weighted by molar-refractivity contribution is 7.89. The molecule has 2 aromatic rings. The molecular formula is C18H24N4O2S. The van der Waals surface area contributed by atoms with Gasteiger partial charge in [-0.15, -0.1) is 0 Å². The van der Waals surface area contributed by atoms with Gasteiger partial charge >= 0.3 is 0 Å². The van der Waals surface area contributed by atoms with E-state index in [2.05, 4.69) is 15.5 Å². The topological polar surface area (TPSA) is 74.7 Å². The zero-order chi connectivity index (χ0) is 18.3. The van der Waals surface area contributed by atoms with E-state index in [9.17, 15) is 8.42 Å². The number of hydrogen-bond donors (Lipinski definition) is 1. The van der Waals surface area contributed by atoms with E-state index in [1.54, 1.807) is 12.1 Å². The first-order chi connectivity index (χ1) is 12.0. The van der Waals surface area contributed by atoms with Gasteiger partial charge < -0.3 is 0 Å². The maximum Gasteiger partial charge on any atom is 0.244 e. The monoisotopic (exact) mass is 360 g/mol. The van der Waals surface area contributed by atoms with Crippen molar-refractivity contribution in [2.24, 2.45) is 5.10 Å². The Hall–Kier alpha value is -2.25. The summed E-state index contributed by atoms with van der Waals surface area (Å²) in [7, 11) is -3.49. The van der Waals surface area contributed by atoms with Crippen LogP contribution < -0.4 is 5.43 Å². The average Bonchev–Trinajstić information content (AvgIpc) is 2.64. The molecule has 0 amide bonds. The van der Waals surface area contributed by atoms with Gasteiger partial charge in [-0.05, 0) is 24.1 Å². The van der Waals surface area contributed by atoms with E-state index in [1.807, 2.05) is 51.1 Å². The van der Waals surface area contributed by atoms with Crippen LogP contribution in [0.3, 0.4) is 0 Å². The van der Waals surface area contributed by atoms with Crippen LogP contribution in [-0.4, -0.2) is 36.5 Å². The van der Waals surface area contributed by atoms with Crippen molar-refractivity contribution in [1.82, 2.24) is 9.29 Å². The Morgan fingerprint density at radius 3 is 2.28 bits per heavy atom. The minimum absolute atomic E-state index is 0.185. The van der Waals surface area contributed by atoms with Crippen molar-refractivity contribution < 1.29 is 8.42 Å². The number of rotatable bonds is 8. The summed E-state index contributed by atoms with van der Waals surface area (Å²) >= 11 is 0. The van der Waals surface area contributed by atoms with Crippen LogP contribution in [0.1, 0.15) is 32.8 Å². The van der Waals surface area contributed by atoms with Crippen LogP contribution in [-0.2, 0) is 10.0 Å².